The topological polar surface area (TPSA) is 32.7 Å². The molecule has 1 N–H and O–H groups in total. The second kappa shape index (κ2) is 9.20. The van der Waals surface area contributed by atoms with Crippen molar-refractivity contribution in [1.82, 2.24) is 4.90 Å². The van der Waals surface area contributed by atoms with Gasteiger partial charge in [-0.1, -0.05) is 48.9 Å². The van der Waals surface area contributed by atoms with Crippen LogP contribution in [-0.4, -0.2) is 35.7 Å². The van der Waals surface area contributed by atoms with Crippen LogP contribution in [0.3, 0.4) is 0 Å². The van der Waals surface area contributed by atoms with Crippen molar-refractivity contribution >= 4 is 0 Å². The number of benzene rings is 2. The highest BCUT2D eigenvalue weighted by Crippen LogP contribution is 2.33. The fourth-order valence-electron chi connectivity index (χ4n) is 3.76. The van der Waals surface area contributed by atoms with Gasteiger partial charge in [0.25, 0.3) is 0 Å². The van der Waals surface area contributed by atoms with Crippen LogP contribution in [-0.2, 0) is 0 Å². The molecule has 3 rings (SSSR count). The first-order chi connectivity index (χ1) is 12.6. The van der Waals surface area contributed by atoms with Crippen molar-refractivity contribution in [2.45, 2.75) is 51.2 Å². The third-order valence-electron chi connectivity index (χ3n) is 5.11. The Bertz CT molecular complexity index is 648. The Balaban J connectivity index is 1.78. The summed E-state index contributed by atoms with van der Waals surface area (Å²) in [4.78, 5) is 2.50. The van der Waals surface area contributed by atoms with Crippen LogP contribution in [0.1, 0.15) is 56.3 Å². The Morgan fingerprint density at radius 3 is 2.15 bits per heavy atom. The molecule has 0 bridgehead atoms. The minimum absolute atomic E-state index is 0.0752. The van der Waals surface area contributed by atoms with Crippen molar-refractivity contribution < 1.29 is 9.84 Å². The molecule has 2 aromatic rings. The van der Waals surface area contributed by atoms with Crippen molar-refractivity contribution in [3.63, 3.8) is 0 Å². The average Bonchev–Trinajstić information content (AvgIpc) is 2.67. The van der Waals surface area contributed by atoms with E-state index in [-0.39, 0.29) is 12.0 Å². The first kappa shape index (κ1) is 18.9. The SMILES string of the molecule is CC(C)Oc1ccc([C@@H](O)[C@H](CN2CCCCC2)c2ccccc2)cc1. The molecule has 0 aromatic heterocycles. The van der Waals surface area contributed by atoms with Crippen LogP contribution < -0.4 is 4.74 Å². The molecule has 1 aliphatic heterocycles. The number of hydrogen-bond donors (Lipinski definition) is 1. The standard InChI is InChI=1S/C23H31NO2/c1-18(2)26-21-13-11-20(12-14-21)23(25)22(19-9-5-3-6-10-19)17-24-15-7-4-8-16-24/h3,5-6,9-14,18,22-23,25H,4,7-8,15-17H2,1-2H3/t22-,23-/m1/s1. The number of ether oxygens (including phenoxy) is 1. The van der Waals surface area contributed by atoms with Crippen molar-refractivity contribution in [3.8, 4) is 5.75 Å². The molecule has 1 heterocycles. The molecule has 2 atom stereocenters. The van der Waals surface area contributed by atoms with E-state index < -0.39 is 6.10 Å². The van der Waals surface area contributed by atoms with E-state index in [4.69, 9.17) is 4.74 Å². The number of aliphatic hydroxyl groups is 1. The van der Waals surface area contributed by atoms with Crippen LogP contribution in [0.25, 0.3) is 0 Å². The minimum atomic E-state index is -0.521. The monoisotopic (exact) mass is 353 g/mol. The van der Waals surface area contributed by atoms with Crippen molar-refractivity contribution in [3.05, 3.63) is 65.7 Å². The summed E-state index contributed by atoms with van der Waals surface area (Å²) in [6.07, 6.45) is 3.48. The Labute approximate surface area is 157 Å². The molecule has 0 spiro atoms. The van der Waals surface area contributed by atoms with Gasteiger partial charge in [0.15, 0.2) is 0 Å². The van der Waals surface area contributed by atoms with Gasteiger partial charge in [0.05, 0.1) is 12.2 Å². The van der Waals surface area contributed by atoms with E-state index in [0.717, 1.165) is 30.9 Å². The van der Waals surface area contributed by atoms with Gasteiger partial charge in [-0.15, -0.1) is 0 Å². The van der Waals surface area contributed by atoms with Gasteiger partial charge < -0.3 is 14.7 Å². The molecule has 0 saturated carbocycles. The van der Waals surface area contributed by atoms with Gasteiger partial charge >= 0.3 is 0 Å². The summed E-state index contributed by atoms with van der Waals surface area (Å²) in [6, 6.07) is 18.3. The van der Waals surface area contributed by atoms with Crippen molar-refractivity contribution in [2.75, 3.05) is 19.6 Å². The quantitative estimate of drug-likeness (QED) is 0.778. The predicted octanol–water partition coefficient (Wildman–Crippen LogP) is 4.78. The zero-order valence-electron chi connectivity index (χ0n) is 16.0. The number of nitrogens with zero attached hydrogens (tertiary/aromatic N) is 1. The van der Waals surface area contributed by atoms with Crippen molar-refractivity contribution in [1.29, 1.82) is 0 Å². The third kappa shape index (κ3) is 5.09. The molecule has 1 saturated heterocycles. The Morgan fingerprint density at radius 2 is 1.54 bits per heavy atom. The summed E-state index contributed by atoms with van der Waals surface area (Å²) in [5, 5.41) is 11.2. The molecule has 1 fully saturated rings. The molecule has 0 radical (unpaired) electrons. The van der Waals surface area contributed by atoms with Gasteiger partial charge in [-0.25, -0.2) is 0 Å². The number of aliphatic hydroxyl groups excluding tert-OH is 1. The fraction of sp³-hybridized carbons (Fsp3) is 0.478. The smallest absolute Gasteiger partial charge is 0.119 e. The van der Waals surface area contributed by atoms with Crippen LogP contribution in [0.2, 0.25) is 0 Å². The number of rotatable bonds is 7. The summed E-state index contributed by atoms with van der Waals surface area (Å²) in [5.41, 5.74) is 2.15. The van der Waals surface area contributed by atoms with Gasteiger partial charge in [-0.3, -0.25) is 0 Å². The summed E-state index contributed by atoms with van der Waals surface area (Å²) >= 11 is 0. The lowest BCUT2D eigenvalue weighted by Crippen LogP contribution is -2.35. The zero-order chi connectivity index (χ0) is 18.4. The minimum Gasteiger partial charge on any atom is -0.491 e. The molecule has 0 unspecified atom stereocenters. The van der Waals surface area contributed by atoms with E-state index in [1.807, 2.05) is 44.2 Å². The third-order valence-corrected chi connectivity index (χ3v) is 5.11. The average molecular weight is 354 g/mol. The van der Waals surface area contributed by atoms with Gasteiger partial charge in [-0.2, -0.15) is 0 Å². The lowest BCUT2D eigenvalue weighted by molar-refractivity contribution is 0.109. The number of hydrogen-bond acceptors (Lipinski definition) is 3. The summed E-state index contributed by atoms with van der Waals surface area (Å²) < 4.78 is 5.73. The van der Waals surface area contributed by atoms with Crippen molar-refractivity contribution in [2.24, 2.45) is 0 Å². The lowest BCUT2D eigenvalue weighted by atomic mass is 9.88. The Hall–Kier alpha value is -1.84. The number of piperidine rings is 1. The van der Waals surface area contributed by atoms with Gasteiger partial charge in [-0.05, 0) is 63.0 Å². The molecular formula is C23H31NO2. The molecular weight excluding hydrogens is 322 g/mol. The van der Waals surface area contributed by atoms with Gasteiger partial charge in [0.2, 0.25) is 0 Å². The van der Waals surface area contributed by atoms with E-state index in [9.17, 15) is 5.11 Å². The Morgan fingerprint density at radius 1 is 0.885 bits per heavy atom. The van der Waals surface area contributed by atoms with E-state index in [0.29, 0.717) is 0 Å². The summed E-state index contributed by atoms with van der Waals surface area (Å²) in [5.74, 6) is 0.925. The molecule has 0 amide bonds. The maximum Gasteiger partial charge on any atom is 0.119 e. The Kier molecular flexibility index (Phi) is 6.70. The normalized spacial score (nSPS) is 17.8. The molecule has 2 aromatic carbocycles. The highest BCUT2D eigenvalue weighted by Gasteiger charge is 2.26. The first-order valence-electron chi connectivity index (χ1n) is 9.85. The van der Waals surface area contributed by atoms with E-state index in [1.54, 1.807) is 0 Å². The molecule has 3 nitrogen and oxygen atoms in total. The molecule has 0 aliphatic carbocycles. The molecule has 1 aliphatic rings. The maximum absolute atomic E-state index is 11.2. The van der Waals surface area contributed by atoms with Gasteiger partial charge in [0, 0.05) is 12.5 Å². The first-order valence-corrected chi connectivity index (χ1v) is 9.85. The van der Waals surface area contributed by atoms with Crippen LogP contribution >= 0.6 is 0 Å². The lowest BCUT2D eigenvalue weighted by Gasteiger charge is -2.33. The highest BCUT2D eigenvalue weighted by molar-refractivity contribution is 5.32. The van der Waals surface area contributed by atoms with Crippen LogP contribution in [0, 0.1) is 0 Å². The predicted molar refractivity (Wildman–Crippen MR) is 107 cm³/mol. The second-order valence-electron chi connectivity index (χ2n) is 7.56. The summed E-state index contributed by atoms with van der Waals surface area (Å²) in [7, 11) is 0. The van der Waals surface area contributed by atoms with E-state index in [2.05, 4.69) is 29.2 Å². The second-order valence-corrected chi connectivity index (χ2v) is 7.56. The molecule has 3 heteroatoms. The maximum atomic E-state index is 11.2. The van der Waals surface area contributed by atoms with Crippen LogP contribution in [0.15, 0.2) is 54.6 Å². The van der Waals surface area contributed by atoms with Crippen LogP contribution in [0.5, 0.6) is 5.75 Å². The highest BCUT2D eigenvalue weighted by atomic mass is 16.5. The summed E-state index contributed by atoms with van der Waals surface area (Å²) in [6.45, 7) is 7.21. The largest absolute Gasteiger partial charge is 0.491 e. The zero-order valence-corrected chi connectivity index (χ0v) is 16.0. The fourth-order valence-corrected chi connectivity index (χ4v) is 3.76. The van der Waals surface area contributed by atoms with Gasteiger partial charge in [0.1, 0.15) is 5.75 Å². The van der Waals surface area contributed by atoms with E-state index in [1.165, 1.54) is 24.8 Å². The van der Waals surface area contributed by atoms with Crippen LogP contribution in [0.4, 0.5) is 0 Å². The van der Waals surface area contributed by atoms with E-state index >= 15 is 0 Å². The molecule has 26 heavy (non-hydrogen) atoms. The number of likely N-dealkylation sites (tertiary alicyclic amines) is 1. The molecule has 140 valence electrons.